The average Bonchev–Trinajstić information content (AvgIpc) is 3.16. The SMILES string of the molecule is O=C(O)c1ccc(CN2CCN(C(=O)c3ccc4nc[nH]c4c3)CC2)cc1. The van der Waals surface area contributed by atoms with Crippen LogP contribution in [0.25, 0.3) is 11.0 Å². The van der Waals surface area contributed by atoms with Crippen LogP contribution in [0.4, 0.5) is 0 Å². The van der Waals surface area contributed by atoms with Crippen molar-refractivity contribution in [2.24, 2.45) is 0 Å². The van der Waals surface area contributed by atoms with Crippen LogP contribution in [0.2, 0.25) is 0 Å². The second-order valence-corrected chi connectivity index (χ2v) is 6.70. The van der Waals surface area contributed by atoms with Crippen molar-refractivity contribution in [1.29, 1.82) is 0 Å². The van der Waals surface area contributed by atoms with E-state index in [2.05, 4.69) is 14.9 Å². The monoisotopic (exact) mass is 364 g/mol. The molecule has 1 fully saturated rings. The Morgan fingerprint density at radius 1 is 1.00 bits per heavy atom. The summed E-state index contributed by atoms with van der Waals surface area (Å²) in [6, 6.07) is 12.5. The molecule has 7 nitrogen and oxygen atoms in total. The number of carbonyl (C=O) groups excluding carboxylic acids is 1. The Bertz CT molecular complexity index is 972. The molecule has 1 aliphatic heterocycles. The zero-order valence-electron chi connectivity index (χ0n) is 14.8. The molecule has 2 heterocycles. The van der Waals surface area contributed by atoms with E-state index in [-0.39, 0.29) is 5.91 Å². The van der Waals surface area contributed by atoms with Gasteiger partial charge in [0.05, 0.1) is 22.9 Å². The summed E-state index contributed by atoms with van der Waals surface area (Å²) in [6.45, 7) is 3.68. The van der Waals surface area contributed by atoms with Gasteiger partial charge >= 0.3 is 5.97 Å². The first-order valence-corrected chi connectivity index (χ1v) is 8.87. The van der Waals surface area contributed by atoms with E-state index in [0.29, 0.717) is 24.2 Å². The number of hydrogen-bond donors (Lipinski definition) is 2. The highest BCUT2D eigenvalue weighted by Crippen LogP contribution is 2.16. The fraction of sp³-hybridized carbons (Fsp3) is 0.250. The summed E-state index contributed by atoms with van der Waals surface area (Å²) in [7, 11) is 0. The van der Waals surface area contributed by atoms with Crippen molar-refractivity contribution in [3.05, 3.63) is 65.5 Å². The molecule has 0 atom stereocenters. The minimum Gasteiger partial charge on any atom is -0.478 e. The van der Waals surface area contributed by atoms with Gasteiger partial charge in [-0.3, -0.25) is 9.69 Å². The van der Waals surface area contributed by atoms with Gasteiger partial charge in [-0.25, -0.2) is 9.78 Å². The van der Waals surface area contributed by atoms with Crippen LogP contribution < -0.4 is 0 Å². The molecule has 0 bridgehead atoms. The number of aromatic carboxylic acids is 1. The van der Waals surface area contributed by atoms with Crippen molar-refractivity contribution in [3.8, 4) is 0 Å². The number of fused-ring (bicyclic) bond motifs is 1. The molecule has 0 aliphatic carbocycles. The lowest BCUT2D eigenvalue weighted by molar-refractivity contribution is 0.0628. The summed E-state index contributed by atoms with van der Waals surface area (Å²) in [5.41, 5.74) is 3.76. The summed E-state index contributed by atoms with van der Waals surface area (Å²) in [6.07, 6.45) is 1.63. The summed E-state index contributed by atoms with van der Waals surface area (Å²) < 4.78 is 0. The van der Waals surface area contributed by atoms with Crippen molar-refractivity contribution in [2.45, 2.75) is 6.54 Å². The van der Waals surface area contributed by atoms with Crippen LogP contribution in [0.15, 0.2) is 48.8 Å². The first-order chi connectivity index (χ1) is 13.1. The van der Waals surface area contributed by atoms with Gasteiger partial charge in [0.25, 0.3) is 5.91 Å². The van der Waals surface area contributed by atoms with Crippen molar-refractivity contribution in [1.82, 2.24) is 19.8 Å². The molecular formula is C20H20N4O3. The third-order valence-electron chi connectivity index (χ3n) is 4.93. The molecular weight excluding hydrogens is 344 g/mol. The quantitative estimate of drug-likeness (QED) is 0.741. The summed E-state index contributed by atoms with van der Waals surface area (Å²) >= 11 is 0. The van der Waals surface area contributed by atoms with Gasteiger partial charge in [0, 0.05) is 38.3 Å². The predicted octanol–water partition coefficient (Wildman–Crippen LogP) is 2.22. The van der Waals surface area contributed by atoms with Crippen molar-refractivity contribution in [2.75, 3.05) is 26.2 Å². The minimum absolute atomic E-state index is 0.0389. The van der Waals surface area contributed by atoms with Crippen LogP contribution >= 0.6 is 0 Å². The Balaban J connectivity index is 1.35. The Labute approximate surface area is 156 Å². The number of rotatable bonds is 4. The Morgan fingerprint density at radius 2 is 1.70 bits per heavy atom. The minimum atomic E-state index is -0.915. The fourth-order valence-corrected chi connectivity index (χ4v) is 3.37. The molecule has 2 aromatic carbocycles. The highest BCUT2D eigenvalue weighted by molar-refractivity contribution is 5.97. The number of amides is 1. The van der Waals surface area contributed by atoms with Gasteiger partial charge in [-0.05, 0) is 35.9 Å². The average molecular weight is 364 g/mol. The number of benzene rings is 2. The van der Waals surface area contributed by atoms with Crippen LogP contribution in [0.3, 0.4) is 0 Å². The highest BCUT2D eigenvalue weighted by atomic mass is 16.4. The molecule has 4 rings (SSSR count). The highest BCUT2D eigenvalue weighted by Gasteiger charge is 2.22. The van der Waals surface area contributed by atoms with E-state index in [1.54, 1.807) is 18.5 Å². The molecule has 0 spiro atoms. The Hall–Kier alpha value is -3.19. The number of carboxylic acids is 1. The van der Waals surface area contributed by atoms with E-state index < -0.39 is 5.97 Å². The standard InChI is InChI=1S/C20H20N4O3/c25-19(16-5-6-17-18(11-16)22-13-21-17)24-9-7-23(8-10-24)12-14-1-3-15(4-2-14)20(26)27/h1-6,11,13H,7-10,12H2,(H,21,22)(H,26,27). The second kappa shape index (κ2) is 7.20. The van der Waals surface area contributed by atoms with Crippen LogP contribution in [0, 0.1) is 0 Å². The first kappa shape index (κ1) is 17.2. The maximum Gasteiger partial charge on any atom is 0.335 e. The van der Waals surface area contributed by atoms with Crippen molar-refractivity contribution >= 4 is 22.9 Å². The summed E-state index contributed by atoms with van der Waals surface area (Å²) in [5, 5.41) is 8.97. The van der Waals surface area contributed by atoms with Gasteiger partial charge in [0.1, 0.15) is 0 Å². The van der Waals surface area contributed by atoms with Crippen LogP contribution in [0.1, 0.15) is 26.3 Å². The van der Waals surface area contributed by atoms with Crippen LogP contribution in [0.5, 0.6) is 0 Å². The number of carboxylic acid groups (broad SMARTS) is 1. The number of nitrogens with one attached hydrogen (secondary N) is 1. The maximum absolute atomic E-state index is 12.7. The van der Waals surface area contributed by atoms with E-state index in [4.69, 9.17) is 5.11 Å². The number of imidazole rings is 1. The number of nitrogens with zero attached hydrogens (tertiary/aromatic N) is 3. The van der Waals surface area contributed by atoms with Gasteiger partial charge in [-0.1, -0.05) is 12.1 Å². The topological polar surface area (TPSA) is 89.5 Å². The number of aromatic nitrogens is 2. The number of aromatic amines is 1. The maximum atomic E-state index is 12.7. The summed E-state index contributed by atoms with van der Waals surface area (Å²) in [5.74, 6) is -0.876. The van der Waals surface area contributed by atoms with Crippen LogP contribution in [-0.2, 0) is 6.54 Å². The molecule has 1 aromatic heterocycles. The molecule has 7 heteroatoms. The van der Waals surface area contributed by atoms with E-state index in [9.17, 15) is 9.59 Å². The van der Waals surface area contributed by atoms with Crippen molar-refractivity contribution < 1.29 is 14.7 Å². The largest absolute Gasteiger partial charge is 0.478 e. The number of piperazine rings is 1. The lowest BCUT2D eigenvalue weighted by atomic mass is 10.1. The zero-order valence-corrected chi connectivity index (χ0v) is 14.8. The van der Waals surface area contributed by atoms with Gasteiger partial charge in [0.15, 0.2) is 0 Å². The van der Waals surface area contributed by atoms with Gasteiger partial charge in [-0.2, -0.15) is 0 Å². The number of carbonyl (C=O) groups is 2. The first-order valence-electron chi connectivity index (χ1n) is 8.87. The lowest BCUT2D eigenvalue weighted by Gasteiger charge is -2.34. The molecule has 0 saturated carbocycles. The van der Waals surface area contributed by atoms with Crippen LogP contribution in [-0.4, -0.2) is 62.9 Å². The Kier molecular flexibility index (Phi) is 4.60. The van der Waals surface area contributed by atoms with E-state index in [1.807, 2.05) is 35.2 Å². The molecule has 0 radical (unpaired) electrons. The molecule has 138 valence electrons. The van der Waals surface area contributed by atoms with E-state index in [0.717, 1.165) is 36.2 Å². The molecule has 1 amide bonds. The van der Waals surface area contributed by atoms with Crippen molar-refractivity contribution in [3.63, 3.8) is 0 Å². The fourth-order valence-electron chi connectivity index (χ4n) is 3.37. The molecule has 2 N–H and O–H groups in total. The third kappa shape index (κ3) is 3.68. The number of hydrogen-bond acceptors (Lipinski definition) is 4. The van der Waals surface area contributed by atoms with E-state index >= 15 is 0 Å². The molecule has 27 heavy (non-hydrogen) atoms. The molecule has 3 aromatic rings. The third-order valence-corrected chi connectivity index (χ3v) is 4.93. The predicted molar refractivity (Wildman–Crippen MR) is 101 cm³/mol. The van der Waals surface area contributed by atoms with Gasteiger partial charge in [-0.15, -0.1) is 0 Å². The van der Waals surface area contributed by atoms with E-state index in [1.165, 1.54) is 0 Å². The van der Waals surface area contributed by atoms with Gasteiger partial charge < -0.3 is 15.0 Å². The Morgan fingerprint density at radius 3 is 2.41 bits per heavy atom. The smallest absolute Gasteiger partial charge is 0.335 e. The normalized spacial score (nSPS) is 15.2. The summed E-state index contributed by atoms with van der Waals surface area (Å²) in [4.78, 5) is 35.0. The van der Waals surface area contributed by atoms with Gasteiger partial charge in [0.2, 0.25) is 0 Å². The lowest BCUT2D eigenvalue weighted by Crippen LogP contribution is -2.48. The molecule has 0 unspecified atom stereocenters. The molecule has 1 aliphatic rings. The molecule has 1 saturated heterocycles. The zero-order chi connectivity index (χ0) is 18.8. The number of H-pyrrole nitrogens is 1. The second-order valence-electron chi connectivity index (χ2n) is 6.70.